The SMILES string of the molecule is COCCS(=O)(=O)Nc1cccc(C23CCCC(C2)N(Cc2c[nH]c4ccccc24)CC3)c1. The summed E-state index contributed by atoms with van der Waals surface area (Å²) in [6.45, 7) is 2.23. The zero-order valence-electron chi connectivity index (χ0n) is 19.2. The van der Waals surface area contributed by atoms with Crippen LogP contribution in [-0.4, -0.2) is 50.4 Å². The van der Waals surface area contributed by atoms with Crippen molar-refractivity contribution in [2.75, 3.05) is 30.7 Å². The predicted octanol–water partition coefficient (Wildman–Crippen LogP) is 4.64. The highest BCUT2D eigenvalue weighted by molar-refractivity contribution is 7.92. The second-order valence-electron chi connectivity index (χ2n) is 9.61. The topological polar surface area (TPSA) is 74.4 Å². The second-order valence-corrected chi connectivity index (χ2v) is 11.4. The van der Waals surface area contributed by atoms with Crippen LogP contribution in [-0.2, 0) is 26.7 Å². The molecule has 1 aromatic heterocycles. The van der Waals surface area contributed by atoms with Gasteiger partial charge in [-0.1, -0.05) is 36.8 Å². The highest BCUT2D eigenvalue weighted by Crippen LogP contribution is 2.47. The van der Waals surface area contributed by atoms with E-state index in [9.17, 15) is 8.42 Å². The number of likely N-dealkylation sites (tertiary alicyclic amines) is 1. The number of aromatic nitrogens is 1. The van der Waals surface area contributed by atoms with Gasteiger partial charge >= 0.3 is 0 Å². The first-order chi connectivity index (χ1) is 16.0. The Labute approximate surface area is 196 Å². The number of piperidine rings is 1. The number of para-hydroxylation sites is 1. The highest BCUT2D eigenvalue weighted by Gasteiger charge is 2.43. The summed E-state index contributed by atoms with van der Waals surface area (Å²) >= 11 is 0. The second kappa shape index (κ2) is 9.12. The number of hydrogen-bond acceptors (Lipinski definition) is 4. The van der Waals surface area contributed by atoms with Gasteiger partial charge in [-0.05, 0) is 67.0 Å². The number of H-pyrrole nitrogens is 1. The van der Waals surface area contributed by atoms with Crippen molar-refractivity contribution >= 4 is 26.6 Å². The summed E-state index contributed by atoms with van der Waals surface area (Å²) in [5, 5.41) is 1.32. The van der Waals surface area contributed by atoms with E-state index in [1.54, 1.807) is 0 Å². The molecule has 5 rings (SSSR count). The van der Waals surface area contributed by atoms with Crippen LogP contribution in [0.1, 0.15) is 43.2 Å². The number of rotatable bonds is 8. The zero-order chi connectivity index (χ0) is 22.9. The Morgan fingerprint density at radius 3 is 2.94 bits per heavy atom. The molecule has 0 radical (unpaired) electrons. The Hall–Kier alpha value is -2.35. The summed E-state index contributed by atoms with van der Waals surface area (Å²) in [7, 11) is -1.90. The molecule has 1 aliphatic carbocycles. The van der Waals surface area contributed by atoms with Gasteiger partial charge in [0.2, 0.25) is 10.0 Å². The van der Waals surface area contributed by atoms with Gasteiger partial charge < -0.3 is 9.72 Å². The molecule has 1 saturated carbocycles. The van der Waals surface area contributed by atoms with E-state index in [4.69, 9.17) is 4.74 Å². The average Bonchev–Trinajstić information content (AvgIpc) is 3.23. The number of ether oxygens (including phenoxy) is 1. The van der Waals surface area contributed by atoms with E-state index >= 15 is 0 Å². The number of benzene rings is 2. The van der Waals surface area contributed by atoms with Crippen LogP contribution in [0.2, 0.25) is 0 Å². The molecule has 2 unspecified atom stereocenters. The fourth-order valence-corrected chi connectivity index (χ4v) is 6.82. The fraction of sp³-hybridized carbons (Fsp3) is 0.462. The maximum Gasteiger partial charge on any atom is 0.234 e. The molecule has 2 N–H and O–H groups in total. The monoisotopic (exact) mass is 467 g/mol. The molecule has 2 fully saturated rings. The van der Waals surface area contributed by atoms with Gasteiger partial charge in [0.1, 0.15) is 0 Å². The minimum atomic E-state index is -3.41. The standard InChI is InChI=1S/C26H33N3O3S/c1-32-14-15-33(30,31)28-22-7-4-6-21(16-22)26-11-5-8-23(17-26)29(13-12-26)19-20-18-27-25-10-3-2-9-24(20)25/h2-4,6-7,9-10,16,18,23,27-28H,5,8,11-15,17,19H2,1H3. The van der Waals surface area contributed by atoms with E-state index in [0.29, 0.717) is 11.7 Å². The quantitative estimate of drug-likeness (QED) is 0.506. The molecule has 2 aliphatic rings. The Bertz CT molecular complexity index is 1220. The van der Waals surface area contributed by atoms with Gasteiger partial charge in [-0.3, -0.25) is 9.62 Å². The first-order valence-electron chi connectivity index (χ1n) is 11.9. The summed E-state index contributed by atoms with van der Waals surface area (Å²) in [4.78, 5) is 6.07. The van der Waals surface area contributed by atoms with E-state index < -0.39 is 10.0 Å². The molecule has 2 atom stereocenters. The van der Waals surface area contributed by atoms with Crippen LogP contribution in [0, 0.1) is 0 Å². The maximum atomic E-state index is 12.3. The molecule has 0 amide bonds. The van der Waals surface area contributed by atoms with E-state index in [1.165, 1.54) is 48.4 Å². The lowest BCUT2D eigenvalue weighted by atomic mass is 9.63. The minimum Gasteiger partial charge on any atom is -0.384 e. The van der Waals surface area contributed by atoms with Crippen LogP contribution in [0.3, 0.4) is 0 Å². The van der Waals surface area contributed by atoms with Crippen molar-refractivity contribution in [2.45, 2.75) is 50.1 Å². The van der Waals surface area contributed by atoms with Gasteiger partial charge in [0.25, 0.3) is 0 Å². The van der Waals surface area contributed by atoms with Crippen LogP contribution >= 0.6 is 0 Å². The molecule has 2 bridgehead atoms. The normalized spacial score (nSPS) is 23.6. The van der Waals surface area contributed by atoms with Gasteiger partial charge in [0.05, 0.1) is 12.4 Å². The smallest absolute Gasteiger partial charge is 0.234 e. The lowest BCUT2D eigenvalue weighted by molar-refractivity contribution is 0.0462. The van der Waals surface area contributed by atoms with Gasteiger partial charge in [-0.2, -0.15) is 0 Å². The van der Waals surface area contributed by atoms with Crippen molar-refractivity contribution in [1.29, 1.82) is 0 Å². The van der Waals surface area contributed by atoms with Crippen LogP contribution in [0.15, 0.2) is 54.7 Å². The number of fused-ring (bicyclic) bond motifs is 3. The summed E-state index contributed by atoms with van der Waals surface area (Å²) < 4.78 is 32.4. The molecule has 2 aromatic carbocycles. The largest absolute Gasteiger partial charge is 0.384 e. The fourth-order valence-electron chi connectivity index (χ4n) is 5.84. The molecule has 7 heteroatoms. The van der Waals surface area contributed by atoms with E-state index in [1.807, 2.05) is 12.1 Å². The maximum absolute atomic E-state index is 12.3. The number of anilines is 1. The van der Waals surface area contributed by atoms with Crippen molar-refractivity contribution in [3.63, 3.8) is 0 Å². The number of aromatic amines is 1. The van der Waals surface area contributed by atoms with Gasteiger partial charge in [0, 0.05) is 42.5 Å². The third kappa shape index (κ3) is 4.67. The Morgan fingerprint density at radius 2 is 2.06 bits per heavy atom. The van der Waals surface area contributed by atoms with Crippen molar-refractivity contribution in [3.05, 3.63) is 65.9 Å². The average molecular weight is 468 g/mol. The summed E-state index contributed by atoms with van der Waals surface area (Å²) in [5.74, 6) is -0.0380. The van der Waals surface area contributed by atoms with Gasteiger partial charge in [-0.25, -0.2) is 8.42 Å². The third-order valence-corrected chi connectivity index (χ3v) is 8.82. The van der Waals surface area contributed by atoms with E-state index in [2.05, 4.69) is 57.2 Å². The summed E-state index contributed by atoms with van der Waals surface area (Å²) in [6, 6.07) is 17.2. The molecule has 1 saturated heterocycles. The van der Waals surface area contributed by atoms with Gasteiger partial charge in [0.15, 0.2) is 0 Å². The highest BCUT2D eigenvalue weighted by atomic mass is 32.2. The number of sulfonamides is 1. The van der Waals surface area contributed by atoms with E-state index in [-0.39, 0.29) is 17.8 Å². The molecular formula is C26H33N3O3S. The van der Waals surface area contributed by atoms with Crippen molar-refractivity contribution < 1.29 is 13.2 Å². The molecule has 3 aromatic rings. The number of nitrogens with one attached hydrogen (secondary N) is 2. The Kier molecular flexibility index (Phi) is 6.20. The predicted molar refractivity (Wildman–Crippen MR) is 133 cm³/mol. The Morgan fingerprint density at radius 1 is 1.18 bits per heavy atom. The molecule has 33 heavy (non-hydrogen) atoms. The molecule has 6 nitrogen and oxygen atoms in total. The van der Waals surface area contributed by atoms with E-state index in [0.717, 1.165) is 25.9 Å². The Balaban J connectivity index is 1.33. The molecule has 1 aliphatic heterocycles. The van der Waals surface area contributed by atoms with Crippen LogP contribution < -0.4 is 4.72 Å². The molecular weight excluding hydrogens is 434 g/mol. The summed E-state index contributed by atoms with van der Waals surface area (Å²) in [6.07, 6.45) is 8.01. The molecule has 176 valence electrons. The number of nitrogens with zero attached hydrogens (tertiary/aromatic N) is 1. The zero-order valence-corrected chi connectivity index (χ0v) is 20.0. The lowest BCUT2D eigenvalue weighted by Gasteiger charge is -2.51. The first-order valence-corrected chi connectivity index (χ1v) is 13.5. The lowest BCUT2D eigenvalue weighted by Crippen LogP contribution is -2.51. The summed E-state index contributed by atoms with van der Waals surface area (Å²) in [5.41, 5.74) is 4.63. The van der Waals surface area contributed by atoms with Crippen molar-refractivity contribution in [1.82, 2.24) is 9.88 Å². The van der Waals surface area contributed by atoms with Crippen molar-refractivity contribution in [2.24, 2.45) is 0 Å². The molecule has 2 heterocycles. The first kappa shape index (κ1) is 22.4. The number of methoxy groups -OCH3 is 1. The van der Waals surface area contributed by atoms with Gasteiger partial charge in [-0.15, -0.1) is 0 Å². The van der Waals surface area contributed by atoms with Crippen LogP contribution in [0.5, 0.6) is 0 Å². The molecule has 0 spiro atoms. The minimum absolute atomic E-state index is 0.0380. The van der Waals surface area contributed by atoms with Crippen molar-refractivity contribution in [3.8, 4) is 0 Å². The number of hydrogen-bond donors (Lipinski definition) is 2. The van der Waals surface area contributed by atoms with Crippen LogP contribution in [0.4, 0.5) is 5.69 Å². The van der Waals surface area contributed by atoms with Crippen LogP contribution in [0.25, 0.3) is 10.9 Å². The third-order valence-electron chi connectivity index (χ3n) is 7.57.